The van der Waals surface area contributed by atoms with Gasteiger partial charge in [0.05, 0.1) is 17.8 Å². The minimum Gasteiger partial charge on any atom is -0.461 e. The number of anilines is 1. The maximum Gasteiger partial charge on any atom is 0.355 e. The Bertz CT molecular complexity index is 516. The lowest BCUT2D eigenvalue weighted by molar-refractivity contribution is -0.121. The van der Waals surface area contributed by atoms with Crippen molar-refractivity contribution < 1.29 is 14.3 Å². The molecule has 0 atom stereocenters. The molecule has 1 amide bonds. The van der Waals surface area contributed by atoms with Gasteiger partial charge in [-0.1, -0.05) is 12.8 Å². The summed E-state index contributed by atoms with van der Waals surface area (Å²) in [5.41, 5.74) is 6.28. The number of rotatable bonds is 4. The lowest BCUT2D eigenvalue weighted by atomic mass is 9.98. The van der Waals surface area contributed by atoms with E-state index in [-0.39, 0.29) is 5.91 Å². The van der Waals surface area contributed by atoms with Crippen LogP contribution in [0.4, 0.5) is 5.69 Å². The zero-order valence-electron chi connectivity index (χ0n) is 11.9. The van der Waals surface area contributed by atoms with Gasteiger partial charge >= 0.3 is 5.97 Å². The summed E-state index contributed by atoms with van der Waals surface area (Å²) in [6.07, 6.45) is 5.05. The molecule has 6 nitrogen and oxygen atoms in total. The van der Waals surface area contributed by atoms with Gasteiger partial charge in [-0.05, 0) is 25.8 Å². The van der Waals surface area contributed by atoms with Crippen molar-refractivity contribution in [1.29, 1.82) is 0 Å². The summed E-state index contributed by atoms with van der Waals surface area (Å²) in [7, 11) is 1.73. The Hall–Kier alpha value is -1.82. The number of aromatic nitrogens is 1. The second kappa shape index (κ2) is 5.66. The first-order valence-corrected chi connectivity index (χ1v) is 6.90. The first kappa shape index (κ1) is 14.6. The maximum atomic E-state index is 12.2. The van der Waals surface area contributed by atoms with Gasteiger partial charge in [0.25, 0.3) is 0 Å². The molecule has 2 rings (SSSR count). The molecule has 0 unspecified atom stereocenters. The SMILES string of the molecule is CCOC(=O)c1cc(NC(=O)C2(N)CCCC2)cn1C. The van der Waals surface area contributed by atoms with Gasteiger partial charge in [0, 0.05) is 13.2 Å². The van der Waals surface area contributed by atoms with E-state index in [9.17, 15) is 9.59 Å². The second-order valence-electron chi connectivity index (χ2n) is 5.26. The number of nitrogens with one attached hydrogen (secondary N) is 1. The molecule has 0 aliphatic heterocycles. The number of ether oxygens (including phenoxy) is 1. The first-order chi connectivity index (χ1) is 9.46. The summed E-state index contributed by atoms with van der Waals surface area (Å²) in [5.74, 6) is -0.588. The highest BCUT2D eigenvalue weighted by Crippen LogP contribution is 2.28. The molecule has 0 saturated heterocycles. The van der Waals surface area contributed by atoms with Gasteiger partial charge in [-0.15, -0.1) is 0 Å². The largest absolute Gasteiger partial charge is 0.461 e. The van der Waals surface area contributed by atoms with Crippen LogP contribution in [0.25, 0.3) is 0 Å². The van der Waals surface area contributed by atoms with E-state index in [0.29, 0.717) is 30.8 Å². The molecule has 0 aromatic carbocycles. The molecule has 6 heteroatoms. The average molecular weight is 279 g/mol. The van der Waals surface area contributed by atoms with Gasteiger partial charge in [-0.3, -0.25) is 4.79 Å². The molecule has 0 radical (unpaired) electrons. The fourth-order valence-corrected chi connectivity index (χ4v) is 2.53. The van der Waals surface area contributed by atoms with Crippen LogP contribution in [0.3, 0.4) is 0 Å². The van der Waals surface area contributed by atoms with E-state index >= 15 is 0 Å². The van der Waals surface area contributed by atoms with Gasteiger partial charge < -0.3 is 20.4 Å². The molecule has 1 heterocycles. The van der Waals surface area contributed by atoms with Crippen molar-refractivity contribution in [3.8, 4) is 0 Å². The van der Waals surface area contributed by atoms with Crippen molar-refractivity contribution in [2.75, 3.05) is 11.9 Å². The van der Waals surface area contributed by atoms with Crippen molar-refractivity contribution in [2.45, 2.75) is 38.1 Å². The van der Waals surface area contributed by atoms with E-state index in [1.54, 1.807) is 30.8 Å². The van der Waals surface area contributed by atoms with Crippen LogP contribution in [-0.4, -0.2) is 28.6 Å². The van der Waals surface area contributed by atoms with E-state index in [4.69, 9.17) is 10.5 Å². The van der Waals surface area contributed by atoms with Crippen molar-refractivity contribution in [3.05, 3.63) is 18.0 Å². The Kier molecular flexibility index (Phi) is 4.13. The summed E-state index contributed by atoms with van der Waals surface area (Å²) in [5, 5.41) is 2.79. The molecule has 1 fully saturated rings. The second-order valence-corrected chi connectivity index (χ2v) is 5.26. The van der Waals surface area contributed by atoms with E-state index < -0.39 is 11.5 Å². The smallest absolute Gasteiger partial charge is 0.355 e. The normalized spacial score (nSPS) is 16.9. The van der Waals surface area contributed by atoms with E-state index in [0.717, 1.165) is 12.8 Å². The third-order valence-corrected chi connectivity index (χ3v) is 3.70. The predicted molar refractivity (Wildman–Crippen MR) is 75.4 cm³/mol. The highest BCUT2D eigenvalue weighted by molar-refractivity contribution is 5.99. The summed E-state index contributed by atoms with van der Waals surface area (Å²) >= 11 is 0. The summed E-state index contributed by atoms with van der Waals surface area (Å²) in [4.78, 5) is 23.9. The number of nitrogens with two attached hydrogens (primary N) is 1. The molecule has 0 bridgehead atoms. The Morgan fingerprint density at radius 1 is 1.45 bits per heavy atom. The van der Waals surface area contributed by atoms with Gasteiger partial charge in [-0.25, -0.2) is 4.79 Å². The van der Waals surface area contributed by atoms with Crippen LogP contribution in [0.2, 0.25) is 0 Å². The molecule has 1 saturated carbocycles. The van der Waals surface area contributed by atoms with Gasteiger partial charge in [0.15, 0.2) is 0 Å². The third-order valence-electron chi connectivity index (χ3n) is 3.70. The number of nitrogens with zero attached hydrogens (tertiary/aromatic N) is 1. The predicted octanol–water partition coefficient (Wildman–Crippen LogP) is 1.41. The highest BCUT2D eigenvalue weighted by Gasteiger charge is 2.37. The molecule has 20 heavy (non-hydrogen) atoms. The molecule has 0 spiro atoms. The third kappa shape index (κ3) is 2.85. The summed E-state index contributed by atoms with van der Waals surface area (Å²) in [6, 6.07) is 1.61. The van der Waals surface area contributed by atoms with Gasteiger partial charge in [0.1, 0.15) is 5.69 Å². The molecule has 1 aliphatic rings. The van der Waals surface area contributed by atoms with Crippen molar-refractivity contribution in [2.24, 2.45) is 12.8 Å². The standard InChI is InChI=1S/C14H21N3O3/c1-3-20-12(18)11-8-10(9-17(11)2)16-13(19)14(15)6-4-5-7-14/h8-9H,3-7,15H2,1-2H3,(H,16,19). The molecule has 1 aliphatic carbocycles. The van der Waals surface area contributed by atoms with Crippen molar-refractivity contribution >= 4 is 17.6 Å². The number of hydrogen-bond donors (Lipinski definition) is 2. The first-order valence-electron chi connectivity index (χ1n) is 6.90. The summed E-state index contributed by atoms with van der Waals surface area (Å²) < 4.78 is 6.58. The van der Waals surface area contributed by atoms with E-state index in [1.165, 1.54) is 0 Å². The highest BCUT2D eigenvalue weighted by atomic mass is 16.5. The maximum absolute atomic E-state index is 12.2. The molecule has 110 valence electrons. The van der Waals surface area contributed by atoms with Crippen LogP contribution in [0.1, 0.15) is 43.1 Å². The molecule has 3 N–H and O–H groups in total. The lowest BCUT2D eigenvalue weighted by Crippen LogP contribution is -2.48. The Balaban J connectivity index is 2.09. The number of esters is 1. The Morgan fingerprint density at radius 3 is 2.70 bits per heavy atom. The van der Waals surface area contributed by atoms with Crippen LogP contribution in [0, 0.1) is 0 Å². The van der Waals surface area contributed by atoms with Crippen molar-refractivity contribution in [1.82, 2.24) is 4.57 Å². The molecule has 1 aromatic rings. The number of carbonyl (C=O) groups is 2. The number of amides is 1. The van der Waals surface area contributed by atoms with Crippen molar-refractivity contribution in [3.63, 3.8) is 0 Å². The minimum atomic E-state index is -0.778. The van der Waals surface area contributed by atoms with Crippen LogP contribution in [-0.2, 0) is 16.6 Å². The molecular formula is C14H21N3O3. The lowest BCUT2D eigenvalue weighted by Gasteiger charge is -2.21. The fourth-order valence-electron chi connectivity index (χ4n) is 2.53. The zero-order valence-corrected chi connectivity index (χ0v) is 11.9. The quantitative estimate of drug-likeness (QED) is 0.816. The fraction of sp³-hybridized carbons (Fsp3) is 0.571. The van der Waals surface area contributed by atoms with Gasteiger partial charge in [0.2, 0.25) is 5.91 Å². The Morgan fingerprint density at radius 2 is 2.10 bits per heavy atom. The van der Waals surface area contributed by atoms with Crippen LogP contribution in [0.5, 0.6) is 0 Å². The molecule has 1 aromatic heterocycles. The van der Waals surface area contributed by atoms with Crippen LogP contribution < -0.4 is 11.1 Å². The topological polar surface area (TPSA) is 86.3 Å². The van der Waals surface area contributed by atoms with Gasteiger partial charge in [-0.2, -0.15) is 0 Å². The zero-order chi connectivity index (χ0) is 14.8. The minimum absolute atomic E-state index is 0.184. The summed E-state index contributed by atoms with van der Waals surface area (Å²) in [6.45, 7) is 2.07. The number of aryl methyl sites for hydroxylation is 1. The Labute approximate surface area is 118 Å². The number of carbonyl (C=O) groups excluding carboxylic acids is 2. The van der Waals surface area contributed by atoms with Crippen LogP contribution >= 0.6 is 0 Å². The van der Waals surface area contributed by atoms with E-state index in [2.05, 4.69) is 5.32 Å². The van der Waals surface area contributed by atoms with E-state index in [1.807, 2.05) is 0 Å². The number of hydrogen-bond acceptors (Lipinski definition) is 4. The van der Waals surface area contributed by atoms with Crippen LogP contribution in [0.15, 0.2) is 12.3 Å². The monoisotopic (exact) mass is 279 g/mol. The average Bonchev–Trinajstić information content (AvgIpc) is 2.97. The molecular weight excluding hydrogens is 258 g/mol.